The van der Waals surface area contributed by atoms with E-state index >= 15 is 0 Å². The predicted octanol–water partition coefficient (Wildman–Crippen LogP) is 6.58. The number of para-hydroxylation sites is 1. The van der Waals surface area contributed by atoms with Crippen LogP contribution >= 0.6 is 23.5 Å². The summed E-state index contributed by atoms with van der Waals surface area (Å²) in [7, 11) is 0. The van der Waals surface area contributed by atoms with E-state index in [4.69, 9.17) is 5.10 Å². The van der Waals surface area contributed by atoms with Gasteiger partial charge in [-0.1, -0.05) is 36.9 Å². The largest absolute Gasteiger partial charge is 0.508 e. The van der Waals surface area contributed by atoms with E-state index in [0.29, 0.717) is 17.2 Å². The van der Waals surface area contributed by atoms with Gasteiger partial charge in [-0.2, -0.15) is 16.9 Å². The van der Waals surface area contributed by atoms with Gasteiger partial charge in [0.1, 0.15) is 17.4 Å². The Balaban J connectivity index is 1.40. The van der Waals surface area contributed by atoms with E-state index in [0.717, 1.165) is 33.4 Å². The number of anilines is 2. The quantitative estimate of drug-likeness (QED) is 0.197. The number of aryl methyl sites for hydroxylation is 1. The number of amides is 2. The van der Waals surface area contributed by atoms with Crippen molar-refractivity contribution in [3.05, 3.63) is 84.4 Å². The summed E-state index contributed by atoms with van der Waals surface area (Å²) in [6.45, 7) is 6.20. The third-order valence-corrected chi connectivity index (χ3v) is 8.56. The number of phenolic OH excluding ortho intramolecular Hbond substituents is 1. The Bertz CT molecular complexity index is 1640. The number of nitrogens with zero attached hydrogens (tertiary/aromatic N) is 5. The molecule has 0 saturated carbocycles. The van der Waals surface area contributed by atoms with Gasteiger partial charge >= 0.3 is 6.03 Å². The van der Waals surface area contributed by atoms with E-state index < -0.39 is 6.03 Å². The number of carbonyl (C=O) groups excluding carboxylic acids is 1. The van der Waals surface area contributed by atoms with Crippen LogP contribution < -0.4 is 10.6 Å². The molecule has 39 heavy (non-hydrogen) atoms. The summed E-state index contributed by atoms with van der Waals surface area (Å²) in [4.78, 5) is 15.1. The number of fused-ring (bicyclic) bond motifs is 1. The maximum atomic E-state index is 13.2. The molecule has 200 valence electrons. The van der Waals surface area contributed by atoms with Gasteiger partial charge in [0.25, 0.3) is 0 Å². The monoisotopic (exact) mass is 559 g/mol. The van der Waals surface area contributed by atoms with Crippen molar-refractivity contribution >= 4 is 46.7 Å². The number of aromatic hydroxyl groups is 1. The van der Waals surface area contributed by atoms with Crippen LogP contribution in [0.4, 0.5) is 16.3 Å². The molecule has 0 saturated heterocycles. The first-order valence-corrected chi connectivity index (χ1v) is 14.4. The molecule has 3 N–H and O–H groups in total. The van der Waals surface area contributed by atoms with Gasteiger partial charge in [0, 0.05) is 34.5 Å². The SMILES string of the molecule is CCc1nnc2ccc(Sc3ccccc3NC(=O)Nc3cc(C(C)(C)SC)nn3-c3cccc(O)c3)cn12. The van der Waals surface area contributed by atoms with Gasteiger partial charge < -0.3 is 10.4 Å². The number of rotatable bonds is 8. The van der Waals surface area contributed by atoms with Gasteiger partial charge in [0.15, 0.2) is 5.65 Å². The van der Waals surface area contributed by atoms with Crippen molar-refractivity contribution in [1.29, 1.82) is 0 Å². The molecule has 3 heterocycles. The van der Waals surface area contributed by atoms with Crippen molar-refractivity contribution in [3.8, 4) is 11.4 Å². The molecule has 0 aliphatic carbocycles. The van der Waals surface area contributed by atoms with E-state index in [1.165, 1.54) is 0 Å². The second kappa shape index (κ2) is 11.0. The maximum Gasteiger partial charge on any atom is 0.324 e. The number of pyridine rings is 1. The summed E-state index contributed by atoms with van der Waals surface area (Å²) in [5.74, 6) is 1.50. The van der Waals surface area contributed by atoms with Gasteiger partial charge in [0.2, 0.25) is 0 Å². The van der Waals surface area contributed by atoms with Crippen LogP contribution in [0.1, 0.15) is 32.3 Å². The molecule has 5 aromatic rings. The van der Waals surface area contributed by atoms with Crippen LogP contribution in [0.25, 0.3) is 11.3 Å². The first kappa shape index (κ1) is 26.6. The number of carbonyl (C=O) groups is 1. The molecule has 0 fully saturated rings. The first-order valence-electron chi connectivity index (χ1n) is 12.4. The topological polar surface area (TPSA) is 109 Å². The molecule has 2 aromatic carbocycles. The zero-order valence-electron chi connectivity index (χ0n) is 22.0. The van der Waals surface area contributed by atoms with Crippen molar-refractivity contribution in [2.45, 2.75) is 41.7 Å². The molecule has 0 atom stereocenters. The fraction of sp³-hybridized carbons (Fsp3) is 0.214. The highest BCUT2D eigenvalue weighted by molar-refractivity contribution is 7.99. The first-order chi connectivity index (χ1) is 18.8. The Hall–Kier alpha value is -3.96. The van der Waals surface area contributed by atoms with E-state index in [1.807, 2.05) is 72.3 Å². The normalized spacial score (nSPS) is 11.6. The smallest absolute Gasteiger partial charge is 0.324 e. The van der Waals surface area contributed by atoms with Gasteiger partial charge in [-0.3, -0.25) is 9.72 Å². The number of hydrogen-bond donors (Lipinski definition) is 3. The molecule has 0 unspecified atom stereocenters. The molecule has 5 rings (SSSR count). The van der Waals surface area contributed by atoms with Gasteiger partial charge in [-0.15, -0.1) is 10.2 Å². The van der Waals surface area contributed by atoms with Crippen LogP contribution in [0.15, 0.2) is 82.7 Å². The Kier molecular flexibility index (Phi) is 7.53. The number of aromatic nitrogens is 5. The van der Waals surface area contributed by atoms with Crippen molar-refractivity contribution in [2.75, 3.05) is 16.9 Å². The molecule has 2 amide bonds. The number of phenols is 1. The van der Waals surface area contributed by atoms with Gasteiger partial charge in [-0.05, 0) is 56.5 Å². The van der Waals surface area contributed by atoms with Crippen LogP contribution in [0.2, 0.25) is 0 Å². The zero-order chi connectivity index (χ0) is 27.6. The highest BCUT2D eigenvalue weighted by Gasteiger charge is 2.25. The standard InChI is InChI=1S/C28H29N7O2S2/c1-5-24-31-32-25-14-13-20(17-34(24)25)39-22-12-7-6-11-21(22)29-27(37)30-26-16-23(28(2,3)38-4)33-35(26)18-9-8-10-19(36)15-18/h6-17,36H,5H2,1-4H3,(H2,29,30,37). The van der Waals surface area contributed by atoms with Crippen LogP contribution in [0.3, 0.4) is 0 Å². The number of nitrogens with one attached hydrogen (secondary N) is 2. The molecule has 9 nitrogen and oxygen atoms in total. The Morgan fingerprint density at radius 3 is 2.62 bits per heavy atom. The minimum atomic E-state index is -0.402. The lowest BCUT2D eigenvalue weighted by molar-refractivity contribution is 0.262. The highest BCUT2D eigenvalue weighted by Crippen LogP contribution is 2.36. The molecule has 0 bridgehead atoms. The predicted molar refractivity (Wildman–Crippen MR) is 157 cm³/mol. The lowest BCUT2D eigenvalue weighted by atomic mass is 10.1. The molecular weight excluding hydrogens is 530 g/mol. The average Bonchev–Trinajstić information content (AvgIpc) is 3.54. The number of thioether (sulfide) groups is 1. The molecule has 0 aliphatic heterocycles. The fourth-order valence-corrected chi connectivity index (χ4v) is 5.20. The van der Waals surface area contributed by atoms with Crippen molar-refractivity contribution in [2.24, 2.45) is 0 Å². The lowest BCUT2D eigenvalue weighted by Crippen LogP contribution is -2.21. The minimum absolute atomic E-state index is 0.116. The fourth-order valence-electron chi connectivity index (χ4n) is 3.97. The maximum absolute atomic E-state index is 13.2. The summed E-state index contributed by atoms with van der Waals surface area (Å²) in [6, 6.07) is 19.8. The van der Waals surface area contributed by atoms with Gasteiger partial charge in [-0.25, -0.2) is 9.48 Å². The van der Waals surface area contributed by atoms with Crippen LogP contribution in [-0.2, 0) is 11.2 Å². The van der Waals surface area contributed by atoms with E-state index in [-0.39, 0.29) is 10.5 Å². The zero-order valence-corrected chi connectivity index (χ0v) is 23.7. The third-order valence-electron chi connectivity index (χ3n) is 6.28. The minimum Gasteiger partial charge on any atom is -0.508 e. The lowest BCUT2D eigenvalue weighted by Gasteiger charge is -2.18. The van der Waals surface area contributed by atoms with Crippen molar-refractivity contribution in [1.82, 2.24) is 24.4 Å². The molecule has 3 aromatic heterocycles. The van der Waals surface area contributed by atoms with Crippen molar-refractivity contribution in [3.63, 3.8) is 0 Å². The third kappa shape index (κ3) is 5.74. The second-order valence-electron chi connectivity index (χ2n) is 9.30. The highest BCUT2D eigenvalue weighted by atomic mass is 32.2. The Labute approximate surface area is 235 Å². The molecule has 0 spiro atoms. The Morgan fingerprint density at radius 2 is 1.85 bits per heavy atom. The molecule has 11 heteroatoms. The van der Waals surface area contributed by atoms with Crippen LogP contribution in [0.5, 0.6) is 5.75 Å². The molecular formula is C28H29N7O2S2. The summed E-state index contributed by atoms with van der Waals surface area (Å²) < 4.78 is 3.34. The average molecular weight is 560 g/mol. The summed E-state index contributed by atoms with van der Waals surface area (Å²) in [5, 5.41) is 29.2. The summed E-state index contributed by atoms with van der Waals surface area (Å²) in [6.07, 6.45) is 4.81. The number of hydrogen-bond acceptors (Lipinski definition) is 7. The summed E-state index contributed by atoms with van der Waals surface area (Å²) >= 11 is 3.21. The van der Waals surface area contributed by atoms with E-state index in [9.17, 15) is 9.90 Å². The number of benzene rings is 2. The molecule has 0 aliphatic rings. The van der Waals surface area contributed by atoms with E-state index in [2.05, 4.69) is 34.7 Å². The van der Waals surface area contributed by atoms with Crippen LogP contribution in [0, 0.1) is 0 Å². The van der Waals surface area contributed by atoms with Gasteiger partial charge in [0.05, 0.1) is 21.8 Å². The van der Waals surface area contributed by atoms with Crippen molar-refractivity contribution < 1.29 is 9.90 Å². The van der Waals surface area contributed by atoms with Crippen LogP contribution in [-0.4, -0.2) is 41.8 Å². The van der Waals surface area contributed by atoms with E-state index in [1.54, 1.807) is 46.4 Å². The Morgan fingerprint density at radius 1 is 1.03 bits per heavy atom. The second-order valence-corrected chi connectivity index (χ2v) is 11.8. The number of urea groups is 1. The molecule has 0 radical (unpaired) electrons. The summed E-state index contributed by atoms with van der Waals surface area (Å²) in [5.41, 5.74) is 2.92.